The van der Waals surface area contributed by atoms with Gasteiger partial charge in [-0.15, -0.1) is 0 Å². The van der Waals surface area contributed by atoms with Gasteiger partial charge in [-0.3, -0.25) is 4.79 Å². The third-order valence-corrected chi connectivity index (χ3v) is 4.31. The lowest BCUT2D eigenvalue weighted by Crippen LogP contribution is -2.16. The smallest absolute Gasteiger partial charge is 0.228 e. The van der Waals surface area contributed by atoms with Crippen LogP contribution in [0, 0.1) is 13.8 Å². The van der Waals surface area contributed by atoms with E-state index in [-0.39, 0.29) is 5.91 Å². The Morgan fingerprint density at radius 2 is 1.82 bits per heavy atom. The van der Waals surface area contributed by atoms with Crippen LogP contribution in [0.2, 0.25) is 0 Å². The van der Waals surface area contributed by atoms with E-state index in [0.29, 0.717) is 12.3 Å². The van der Waals surface area contributed by atoms with Crippen LogP contribution >= 0.6 is 0 Å². The Bertz CT molecular complexity index is 661. The SMILES string of the molecule is CC[C@@H](C)c1ccccc1NC(=O)Cc1ccc(C)c(C)c1. The van der Waals surface area contributed by atoms with Crippen molar-refractivity contribution >= 4 is 11.6 Å². The van der Waals surface area contributed by atoms with Gasteiger partial charge in [-0.25, -0.2) is 0 Å². The molecule has 22 heavy (non-hydrogen) atoms. The van der Waals surface area contributed by atoms with Gasteiger partial charge in [-0.2, -0.15) is 0 Å². The van der Waals surface area contributed by atoms with Gasteiger partial charge in [-0.05, 0) is 54.5 Å². The molecule has 0 unspecified atom stereocenters. The van der Waals surface area contributed by atoms with Crippen LogP contribution in [0.4, 0.5) is 5.69 Å². The quantitative estimate of drug-likeness (QED) is 0.826. The number of para-hydroxylation sites is 1. The van der Waals surface area contributed by atoms with E-state index in [1.54, 1.807) is 0 Å². The average molecular weight is 295 g/mol. The van der Waals surface area contributed by atoms with Gasteiger partial charge in [0, 0.05) is 5.69 Å². The van der Waals surface area contributed by atoms with Crippen LogP contribution in [0.15, 0.2) is 42.5 Å². The summed E-state index contributed by atoms with van der Waals surface area (Å²) >= 11 is 0. The number of hydrogen-bond acceptors (Lipinski definition) is 1. The van der Waals surface area contributed by atoms with Gasteiger partial charge < -0.3 is 5.32 Å². The molecule has 0 aliphatic heterocycles. The number of aryl methyl sites for hydroxylation is 2. The van der Waals surface area contributed by atoms with Crippen LogP contribution in [-0.4, -0.2) is 5.91 Å². The fraction of sp³-hybridized carbons (Fsp3) is 0.350. The number of nitrogens with one attached hydrogen (secondary N) is 1. The number of anilines is 1. The minimum Gasteiger partial charge on any atom is -0.326 e. The molecular weight excluding hydrogens is 270 g/mol. The lowest BCUT2D eigenvalue weighted by molar-refractivity contribution is -0.115. The molecule has 1 amide bonds. The lowest BCUT2D eigenvalue weighted by Gasteiger charge is -2.15. The highest BCUT2D eigenvalue weighted by Gasteiger charge is 2.11. The average Bonchev–Trinajstić information content (AvgIpc) is 2.50. The summed E-state index contributed by atoms with van der Waals surface area (Å²) < 4.78 is 0. The molecule has 0 aliphatic carbocycles. The number of hydrogen-bond donors (Lipinski definition) is 1. The summed E-state index contributed by atoms with van der Waals surface area (Å²) in [5.41, 5.74) is 5.68. The Balaban J connectivity index is 2.10. The van der Waals surface area contributed by atoms with Gasteiger partial charge in [-0.1, -0.05) is 50.2 Å². The summed E-state index contributed by atoms with van der Waals surface area (Å²) in [5, 5.41) is 3.07. The van der Waals surface area contributed by atoms with E-state index in [1.165, 1.54) is 16.7 Å². The minimum absolute atomic E-state index is 0.0407. The fourth-order valence-corrected chi connectivity index (χ4v) is 2.55. The zero-order chi connectivity index (χ0) is 16.1. The van der Waals surface area contributed by atoms with Crippen molar-refractivity contribution in [3.63, 3.8) is 0 Å². The molecule has 0 saturated carbocycles. The van der Waals surface area contributed by atoms with E-state index in [2.05, 4.69) is 51.2 Å². The second kappa shape index (κ2) is 7.26. The van der Waals surface area contributed by atoms with Gasteiger partial charge in [0.2, 0.25) is 5.91 Å². The number of rotatable bonds is 5. The third-order valence-electron chi connectivity index (χ3n) is 4.31. The maximum absolute atomic E-state index is 12.3. The Hall–Kier alpha value is -2.09. The Morgan fingerprint density at radius 1 is 1.09 bits per heavy atom. The van der Waals surface area contributed by atoms with Crippen molar-refractivity contribution in [3.8, 4) is 0 Å². The second-order valence-electron chi connectivity index (χ2n) is 6.04. The first-order valence-electron chi connectivity index (χ1n) is 7.96. The molecule has 0 radical (unpaired) electrons. The fourth-order valence-electron chi connectivity index (χ4n) is 2.55. The zero-order valence-corrected chi connectivity index (χ0v) is 13.9. The molecule has 1 atom stereocenters. The van der Waals surface area contributed by atoms with Gasteiger partial charge in [0.1, 0.15) is 0 Å². The first-order chi connectivity index (χ1) is 10.5. The Morgan fingerprint density at radius 3 is 2.50 bits per heavy atom. The zero-order valence-electron chi connectivity index (χ0n) is 13.9. The molecule has 2 rings (SSSR count). The molecule has 2 heteroatoms. The molecule has 0 aromatic heterocycles. The van der Waals surface area contributed by atoms with Crippen molar-refractivity contribution in [1.29, 1.82) is 0 Å². The van der Waals surface area contributed by atoms with E-state index < -0.39 is 0 Å². The molecule has 116 valence electrons. The molecular formula is C20H25NO. The van der Waals surface area contributed by atoms with Crippen molar-refractivity contribution in [2.45, 2.75) is 46.5 Å². The van der Waals surface area contributed by atoms with E-state index in [4.69, 9.17) is 0 Å². The van der Waals surface area contributed by atoms with E-state index in [0.717, 1.165) is 17.7 Å². The van der Waals surface area contributed by atoms with Crippen molar-refractivity contribution < 1.29 is 4.79 Å². The first kappa shape index (κ1) is 16.3. The topological polar surface area (TPSA) is 29.1 Å². The van der Waals surface area contributed by atoms with Crippen LogP contribution in [0.5, 0.6) is 0 Å². The molecule has 0 saturated heterocycles. The van der Waals surface area contributed by atoms with Crippen LogP contribution in [0.3, 0.4) is 0 Å². The summed E-state index contributed by atoms with van der Waals surface area (Å²) in [6.07, 6.45) is 1.47. The van der Waals surface area contributed by atoms with Crippen molar-refractivity contribution in [2.75, 3.05) is 5.32 Å². The number of benzene rings is 2. The maximum Gasteiger partial charge on any atom is 0.228 e. The molecule has 2 nitrogen and oxygen atoms in total. The monoisotopic (exact) mass is 295 g/mol. The summed E-state index contributed by atoms with van der Waals surface area (Å²) in [5.74, 6) is 0.483. The van der Waals surface area contributed by atoms with Gasteiger partial charge in [0.25, 0.3) is 0 Å². The predicted octanol–water partition coefficient (Wildman–Crippen LogP) is 5.00. The molecule has 1 N–H and O–H groups in total. The van der Waals surface area contributed by atoms with Crippen LogP contribution in [0.1, 0.15) is 48.4 Å². The summed E-state index contributed by atoms with van der Waals surface area (Å²) in [4.78, 5) is 12.3. The standard InChI is InChI=1S/C20H25NO/c1-5-14(2)18-8-6-7-9-19(18)21-20(22)13-17-11-10-15(3)16(4)12-17/h6-12,14H,5,13H2,1-4H3,(H,21,22)/t14-/m1/s1. The largest absolute Gasteiger partial charge is 0.326 e. The Labute approximate surface area is 133 Å². The van der Waals surface area contributed by atoms with Crippen LogP contribution < -0.4 is 5.32 Å². The van der Waals surface area contributed by atoms with Crippen molar-refractivity contribution in [2.24, 2.45) is 0 Å². The highest BCUT2D eigenvalue weighted by atomic mass is 16.1. The third kappa shape index (κ3) is 3.97. The number of amides is 1. The minimum atomic E-state index is 0.0407. The van der Waals surface area contributed by atoms with E-state index in [1.807, 2.05) is 24.3 Å². The van der Waals surface area contributed by atoms with Crippen molar-refractivity contribution in [3.05, 3.63) is 64.7 Å². The number of carbonyl (C=O) groups excluding carboxylic acids is 1. The molecule has 2 aromatic carbocycles. The normalized spacial score (nSPS) is 12.0. The highest BCUT2D eigenvalue weighted by molar-refractivity contribution is 5.93. The van der Waals surface area contributed by atoms with E-state index in [9.17, 15) is 4.79 Å². The summed E-state index contributed by atoms with van der Waals surface area (Å²) in [6, 6.07) is 14.3. The van der Waals surface area contributed by atoms with Crippen LogP contribution in [0.25, 0.3) is 0 Å². The molecule has 0 bridgehead atoms. The molecule has 0 heterocycles. The van der Waals surface area contributed by atoms with Crippen LogP contribution in [-0.2, 0) is 11.2 Å². The molecule has 0 fully saturated rings. The van der Waals surface area contributed by atoms with Gasteiger partial charge >= 0.3 is 0 Å². The first-order valence-corrected chi connectivity index (χ1v) is 7.96. The summed E-state index contributed by atoms with van der Waals surface area (Å²) in [7, 11) is 0. The maximum atomic E-state index is 12.3. The summed E-state index contributed by atoms with van der Waals surface area (Å²) in [6.45, 7) is 8.52. The lowest BCUT2D eigenvalue weighted by atomic mass is 9.96. The van der Waals surface area contributed by atoms with Gasteiger partial charge in [0.05, 0.1) is 6.42 Å². The molecule has 0 aliphatic rings. The second-order valence-corrected chi connectivity index (χ2v) is 6.04. The predicted molar refractivity (Wildman–Crippen MR) is 93.4 cm³/mol. The van der Waals surface area contributed by atoms with E-state index >= 15 is 0 Å². The number of carbonyl (C=O) groups is 1. The molecule has 0 spiro atoms. The van der Waals surface area contributed by atoms with Gasteiger partial charge in [0.15, 0.2) is 0 Å². The molecule has 2 aromatic rings. The van der Waals surface area contributed by atoms with Crippen molar-refractivity contribution in [1.82, 2.24) is 0 Å². The highest BCUT2D eigenvalue weighted by Crippen LogP contribution is 2.26. The Kier molecular flexibility index (Phi) is 5.37.